The molecule has 0 saturated heterocycles. The Kier molecular flexibility index (Phi) is 4.30. The van der Waals surface area contributed by atoms with E-state index in [1.807, 2.05) is 13.8 Å². The van der Waals surface area contributed by atoms with Crippen LogP contribution in [0.25, 0.3) is 0 Å². The van der Waals surface area contributed by atoms with E-state index in [-0.39, 0.29) is 6.42 Å². The van der Waals surface area contributed by atoms with Crippen molar-refractivity contribution in [2.75, 3.05) is 13.2 Å². The molecule has 0 atom stereocenters. The summed E-state index contributed by atoms with van der Waals surface area (Å²) in [5, 5.41) is 17.1. The Morgan fingerprint density at radius 3 is 2.09 bits per heavy atom. The van der Waals surface area contributed by atoms with Gasteiger partial charge in [-0.2, -0.15) is 0 Å². The second kappa shape index (κ2) is 4.46. The molecule has 2 N–H and O–H groups in total. The van der Waals surface area contributed by atoms with Crippen LogP contribution in [0.1, 0.15) is 20.3 Å². The van der Waals surface area contributed by atoms with Gasteiger partial charge in [-0.3, -0.25) is 0 Å². The van der Waals surface area contributed by atoms with Crippen LogP contribution in [-0.4, -0.2) is 29.1 Å². The van der Waals surface area contributed by atoms with Crippen LogP contribution in [0.15, 0.2) is 11.6 Å². The topological polar surface area (TPSA) is 40.5 Å². The van der Waals surface area contributed by atoms with Gasteiger partial charge in [0, 0.05) is 6.42 Å². The molecule has 0 aliphatic carbocycles. The third kappa shape index (κ3) is 4.11. The Balaban J connectivity index is 3.98. The summed E-state index contributed by atoms with van der Waals surface area (Å²) in [6, 6.07) is 0. The molecule has 0 bridgehead atoms. The molecule has 0 aromatic heterocycles. The van der Waals surface area contributed by atoms with Gasteiger partial charge in [0.2, 0.25) is 0 Å². The monoisotopic (exact) mass is 162 g/mol. The molecule has 0 aliphatic heterocycles. The van der Waals surface area contributed by atoms with Crippen molar-refractivity contribution in [1.29, 1.82) is 0 Å². The molecule has 11 heavy (non-hydrogen) atoms. The van der Waals surface area contributed by atoms with E-state index in [1.54, 1.807) is 6.08 Å². The highest BCUT2D eigenvalue weighted by atomic mass is 19.1. The molecule has 0 unspecified atom stereocenters. The minimum Gasteiger partial charge on any atom is -0.393 e. The van der Waals surface area contributed by atoms with Gasteiger partial charge in [0.15, 0.2) is 5.67 Å². The zero-order valence-electron chi connectivity index (χ0n) is 6.97. The average molecular weight is 162 g/mol. The number of aliphatic hydroxyl groups excluding tert-OH is 2. The van der Waals surface area contributed by atoms with Gasteiger partial charge in [-0.1, -0.05) is 11.6 Å². The van der Waals surface area contributed by atoms with Crippen molar-refractivity contribution in [3.63, 3.8) is 0 Å². The molecule has 0 rings (SSSR count). The predicted octanol–water partition coefficient (Wildman–Crippen LogP) is 1.04. The SMILES string of the molecule is CC(C)=CCC(F)(CO)CO. The zero-order chi connectivity index (χ0) is 8.91. The van der Waals surface area contributed by atoms with E-state index in [4.69, 9.17) is 10.2 Å². The van der Waals surface area contributed by atoms with E-state index < -0.39 is 18.9 Å². The number of hydrogen-bond acceptors (Lipinski definition) is 2. The van der Waals surface area contributed by atoms with Crippen LogP contribution >= 0.6 is 0 Å². The molecule has 0 spiro atoms. The standard InChI is InChI=1S/C8H15FO2/c1-7(2)3-4-8(9,5-10)6-11/h3,10-11H,4-6H2,1-2H3. The summed E-state index contributed by atoms with van der Waals surface area (Å²) < 4.78 is 13.1. The van der Waals surface area contributed by atoms with E-state index in [0.717, 1.165) is 5.57 Å². The number of aliphatic hydroxyl groups is 2. The van der Waals surface area contributed by atoms with Crippen molar-refractivity contribution in [3.05, 3.63) is 11.6 Å². The number of alkyl halides is 1. The van der Waals surface area contributed by atoms with E-state index in [9.17, 15) is 4.39 Å². The molecule has 3 heteroatoms. The van der Waals surface area contributed by atoms with E-state index in [1.165, 1.54) is 0 Å². The molecular weight excluding hydrogens is 147 g/mol. The molecule has 2 nitrogen and oxygen atoms in total. The van der Waals surface area contributed by atoms with E-state index in [0.29, 0.717) is 0 Å². The molecule has 0 fully saturated rings. The summed E-state index contributed by atoms with van der Waals surface area (Å²) >= 11 is 0. The van der Waals surface area contributed by atoms with E-state index in [2.05, 4.69) is 0 Å². The summed E-state index contributed by atoms with van der Waals surface area (Å²) in [6.07, 6.45) is 1.73. The maximum Gasteiger partial charge on any atom is 0.160 e. The molecule has 0 aliphatic rings. The van der Waals surface area contributed by atoms with Crippen LogP contribution in [0.5, 0.6) is 0 Å². The van der Waals surface area contributed by atoms with Crippen molar-refractivity contribution in [2.24, 2.45) is 0 Å². The largest absolute Gasteiger partial charge is 0.393 e. The van der Waals surface area contributed by atoms with Crippen LogP contribution in [0.4, 0.5) is 4.39 Å². The number of halogens is 1. The highest BCUT2D eigenvalue weighted by molar-refractivity contribution is 4.98. The van der Waals surface area contributed by atoms with E-state index >= 15 is 0 Å². The zero-order valence-corrected chi connectivity index (χ0v) is 6.97. The summed E-state index contributed by atoms with van der Waals surface area (Å²) in [5.41, 5.74) is -0.869. The number of hydrogen-bond donors (Lipinski definition) is 2. The molecule has 66 valence electrons. The maximum absolute atomic E-state index is 13.1. The van der Waals surface area contributed by atoms with Crippen molar-refractivity contribution in [2.45, 2.75) is 25.9 Å². The average Bonchev–Trinajstić information content (AvgIpc) is 2.00. The first-order chi connectivity index (χ1) is 5.04. The lowest BCUT2D eigenvalue weighted by molar-refractivity contribution is 0.0185. The second-order valence-electron chi connectivity index (χ2n) is 2.95. The summed E-state index contributed by atoms with van der Waals surface area (Å²) in [4.78, 5) is 0. The Labute approximate surface area is 66.4 Å². The van der Waals surface area contributed by atoms with Crippen molar-refractivity contribution in [1.82, 2.24) is 0 Å². The van der Waals surface area contributed by atoms with Crippen LogP contribution in [0.2, 0.25) is 0 Å². The lowest BCUT2D eigenvalue weighted by Crippen LogP contribution is -2.31. The van der Waals surface area contributed by atoms with Gasteiger partial charge in [-0.15, -0.1) is 0 Å². The van der Waals surface area contributed by atoms with Crippen molar-refractivity contribution < 1.29 is 14.6 Å². The van der Waals surface area contributed by atoms with Gasteiger partial charge in [-0.05, 0) is 13.8 Å². The molecule has 0 amide bonds. The smallest absolute Gasteiger partial charge is 0.160 e. The Bertz CT molecular complexity index is 135. The first kappa shape index (κ1) is 10.6. The third-order valence-corrected chi connectivity index (χ3v) is 1.44. The Hall–Kier alpha value is -0.410. The van der Waals surface area contributed by atoms with Crippen molar-refractivity contribution >= 4 is 0 Å². The minimum absolute atomic E-state index is 0.0718. The summed E-state index contributed by atoms with van der Waals surface area (Å²) in [5.74, 6) is 0. The van der Waals surface area contributed by atoms with Crippen LogP contribution < -0.4 is 0 Å². The van der Waals surface area contributed by atoms with Gasteiger partial charge in [0.05, 0.1) is 13.2 Å². The summed E-state index contributed by atoms with van der Waals surface area (Å²) in [6.45, 7) is 2.42. The first-order valence-corrected chi connectivity index (χ1v) is 3.58. The van der Waals surface area contributed by atoms with Crippen LogP contribution in [0.3, 0.4) is 0 Å². The fourth-order valence-electron chi connectivity index (χ4n) is 0.566. The molecule has 0 aromatic carbocycles. The third-order valence-electron chi connectivity index (χ3n) is 1.44. The fourth-order valence-corrected chi connectivity index (χ4v) is 0.566. The molecule has 0 aromatic rings. The first-order valence-electron chi connectivity index (χ1n) is 3.58. The Morgan fingerprint density at radius 1 is 1.36 bits per heavy atom. The minimum atomic E-state index is -1.85. The molecule has 0 radical (unpaired) electrons. The highest BCUT2D eigenvalue weighted by Crippen LogP contribution is 2.16. The highest BCUT2D eigenvalue weighted by Gasteiger charge is 2.25. The lowest BCUT2D eigenvalue weighted by Gasteiger charge is -2.17. The summed E-state index contributed by atoms with van der Waals surface area (Å²) in [7, 11) is 0. The van der Waals surface area contributed by atoms with Gasteiger partial charge in [-0.25, -0.2) is 4.39 Å². The van der Waals surface area contributed by atoms with Crippen LogP contribution in [0, 0.1) is 0 Å². The molecular formula is C8H15FO2. The van der Waals surface area contributed by atoms with Crippen molar-refractivity contribution in [3.8, 4) is 0 Å². The fraction of sp³-hybridized carbons (Fsp3) is 0.750. The maximum atomic E-state index is 13.1. The molecule has 0 saturated carbocycles. The number of allylic oxidation sites excluding steroid dienone is 2. The molecule has 0 heterocycles. The van der Waals surface area contributed by atoms with Gasteiger partial charge in [0.1, 0.15) is 0 Å². The Morgan fingerprint density at radius 2 is 1.82 bits per heavy atom. The number of rotatable bonds is 4. The normalized spacial score (nSPS) is 11.4. The predicted molar refractivity (Wildman–Crippen MR) is 42.1 cm³/mol. The van der Waals surface area contributed by atoms with Gasteiger partial charge in [0.25, 0.3) is 0 Å². The second-order valence-corrected chi connectivity index (χ2v) is 2.95. The van der Waals surface area contributed by atoms with Crippen LogP contribution in [-0.2, 0) is 0 Å². The lowest BCUT2D eigenvalue weighted by atomic mass is 10.0. The quantitative estimate of drug-likeness (QED) is 0.606. The van der Waals surface area contributed by atoms with Gasteiger partial charge >= 0.3 is 0 Å². The van der Waals surface area contributed by atoms with Gasteiger partial charge < -0.3 is 10.2 Å².